The average Bonchev–Trinajstić information content (AvgIpc) is 2.37. The number of benzene rings is 1. The van der Waals surface area contributed by atoms with Crippen LogP contribution in [0.2, 0.25) is 0 Å². The Bertz CT molecular complexity index is 620. The lowest BCUT2D eigenvalue weighted by Gasteiger charge is -2.08. The molecular weight excluding hydrogens is 248 g/mol. The number of amides is 1. The second kappa shape index (κ2) is 6.33. The van der Waals surface area contributed by atoms with Crippen LogP contribution in [0.5, 0.6) is 0 Å². The van der Waals surface area contributed by atoms with E-state index in [9.17, 15) is 4.79 Å². The molecule has 0 bridgehead atoms. The van der Waals surface area contributed by atoms with Crippen molar-refractivity contribution >= 4 is 11.6 Å². The number of pyridine rings is 1. The van der Waals surface area contributed by atoms with Crippen LogP contribution < -0.4 is 5.32 Å². The monoisotopic (exact) mass is 268 g/mol. The first-order chi connectivity index (χ1) is 9.54. The van der Waals surface area contributed by atoms with E-state index in [0.29, 0.717) is 6.42 Å². The van der Waals surface area contributed by atoms with Crippen molar-refractivity contribution < 1.29 is 4.79 Å². The molecule has 2 aromatic rings. The van der Waals surface area contributed by atoms with E-state index in [2.05, 4.69) is 42.3 Å². The summed E-state index contributed by atoms with van der Waals surface area (Å²) in [5.41, 5.74) is 5.44. The van der Waals surface area contributed by atoms with Gasteiger partial charge in [0.2, 0.25) is 5.91 Å². The molecule has 3 nitrogen and oxygen atoms in total. The molecule has 20 heavy (non-hydrogen) atoms. The Kier molecular flexibility index (Phi) is 4.51. The van der Waals surface area contributed by atoms with E-state index in [-0.39, 0.29) is 5.91 Å². The van der Waals surface area contributed by atoms with Crippen molar-refractivity contribution in [2.24, 2.45) is 0 Å². The number of rotatable bonds is 4. The Labute approximate surface area is 120 Å². The van der Waals surface area contributed by atoms with Crippen molar-refractivity contribution in [3.63, 3.8) is 0 Å². The fourth-order valence-electron chi connectivity index (χ4n) is 2.22. The summed E-state index contributed by atoms with van der Waals surface area (Å²) in [5.74, 6) is 0.0376. The zero-order valence-electron chi connectivity index (χ0n) is 12.2. The van der Waals surface area contributed by atoms with Gasteiger partial charge in [0.15, 0.2) is 0 Å². The van der Waals surface area contributed by atoms with Crippen molar-refractivity contribution in [3.8, 4) is 0 Å². The molecule has 0 atom stereocenters. The standard InChI is InChI=1S/C17H20N2O/c1-12-4-5-15(13(2)10-12)6-7-17(20)19-16-8-9-18-14(3)11-16/h4-5,8-11H,6-7H2,1-3H3,(H,18,19,20). The predicted octanol–water partition coefficient (Wildman–Crippen LogP) is 3.58. The van der Waals surface area contributed by atoms with Crippen LogP contribution in [0.25, 0.3) is 0 Å². The van der Waals surface area contributed by atoms with Crippen LogP contribution in [0.4, 0.5) is 5.69 Å². The van der Waals surface area contributed by atoms with E-state index < -0.39 is 0 Å². The Morgan fingerprint density at radius 2 is 1.95 bits per heavy atom. The second-order valence-electron chi connectivity index (χ2n) is 5.16. The summed E-state index contributed by atoms with van der Waals surface area (Å²) in [5, 5.41) is 2.90. The maximum atomic E-state index is 11.9. The number of carbonyl (C=O) groups is 1. The van der Waals surface area contributed by atoms with E-state index in [0.717, 1.165) is 17.8 Å². The largest absolute Gasteiger partial charge is 0.326 e. The lowest BCUT2D eigenvalue weighted by Crippen LogP contribution is -2.12. The van der Waals surface area contributed by atoms with Crippen molar-refractivity contribution in [1.29, 1.82) is 0 Å². The van der Waals surface area contributed by atoms with Gasteiger partial charge in [-0.05, 0) is 50.5 Å². The van der Waals surface area contributed by atoms with Gasteiger partial charge in [-0.2, -0.15) is 0 Å². The molecule has 0 aliphatic rings. The van der Waals surface area contributed by atoms with Gasteiger partial charge in [0, 0.05) is 24.0 Å². The third-order valence-corrected chi connectivity index (χ3v) is 3.30. The first kappa shape index (κ1) is 14.3. The van der Waals surface area contributed by atoms with Crippen LogP contribution in [0.15, 0.2) is 36.5 Å². The molecule has 3 heteroatoms. The summed E-state index contributed by atoms with van der Waals surface area (Å²) in [7, 11) is 0. The van der Waals surface area contributed by atoms with Gasteiger partial charge in [-0.25, -0.2) is 0 Å². The van der Waals surface area contributed by atoms with Crippen LogP contribution in [0.3, 0.4) is 0 Å². The van der Waals surface area contributed by atoms with Gasteiger partial charge < -0.3 is 5.32 Å². The Balaban J connectivity index is 1.92. The average molecular weight is 268 g/mol. The van der Waals surface area contributed by atoms with E-state index >= 15 is 0 Å². The van der Waals surface area contributed by atoms with Gasteiger partial charge in [-0.15, -0.1) is 0 Å². The highest BCUT2D eigenvalue weighted by atomic mass is 16.1. The molecule has 1 N–H and O–H groups in total. The molecule has 0 saturated carbocycles. The molecule has 104 valence electrons. The minimum absolute atomic E-state index is 0.0376. The van der Waals surface area contributed by atoms with Crippen molar-refractivity contribution in [1.82, 2.24) is 4.98 Å². The number of hydrogen-bond donors (Lipinski definition) is 1. The molecule has 0 saturated heterocycles. The minimum Gasteiger partial charge on any atom is -0.326 e. The van der Waals surface area contributed by atoms with Crippen LogP contribution >= 0.6 is 0 Å². The number of aryl methyl sites for hydroxylation is 4. The van der Waals surface area contributed by atoms with Crippen molar-refractivity contribution in [3.05, 3.63) is 58.9 Å². The molecule has 1 heterocycles. The van der Waals surface area contributed by atoms with Crippen LogP contribution in [0.1, 0.15) is 28.8 Å². The molecule has 0 aliphatic carbocycles. The maximum absolute atomic E-state index is 11.9. The fraction of sp³-hybridized carbons (Fsp3) is 0.294. The van der Waals surface area contributed by atoms with Gasteiger partial charge >= 0.3 is 0 Å². The van der Waals surface area contributed by atoms with Gasteiger partial charge in [0.25, 0.3) is 0 Å². The quantitative estimate of drug-likeness (QED) is 0.921. The molecule has 0 aliphatic heterocycles. The number of hydrogen-bond acceptors (Lipinski definition) is 2. The highest BCUT2D eigenvalue weighted by molar-refractivity contribution is 5.90. The highest BCUT2D eigenvalue weighted by Gasteiger charge is 2.05. The van der Waals surface area contributed by atoms with Gasteiger partial charge in [-0.3, -0.25) is 9.78 Å². The molecule has 1 aromatic heterocycles. The first-order valence-electron chi connectivity index (χ1n) is 6.83. The summed E-state index contributed by atoms with van der Waals surface area (Å²) >= 11 is 0. The summed E-state index contributed by atoms with van der Waals surface area (Å²) in [6.45, 7) is 6.08. The van der Waals surface area contributed by atoms with Crippen LogP contribution in [0, 0.1) is 20.8 Å². The van der Waals surface area contributed by atoms with E-state index in [1.54, 1.807) is 6.20 Å². The number of aromatic nitrogens is 1. The second-order valence-corrected chi connectivity index (χ2v) is 5.16. The molecule has 0 radical (unpaired) electrons. The first-order valence-corrected chi connectivity index (χ1v) is 6.83. The highest BCUT2D eigenvalue weighted by Crippen LogP contribution is 2.13. The Hall–Kier alpha value is -2.16. The number of anilines is 1. The molecule has 2 rings (SSSR count). The molecule has 0 unspecified atom stereocenters. The topological polar surface area (TPSA) is 42.0 Å². The molecule has 1 aromatic carbocycles. The third kappa shape index (κ3) is 3.92. The fourth-order valence-corrected chi connectivity index (χ4v) is 2.22. The number of nitrogens with one attached hydrogen (secondary N) is 1. The maximum Gasteiger partial charge on any atom is 0.224 e. The summed E-state index contributed by atoms with van der Waals surface area (Å²) in [6.07, 6.45) is 2.96. The lowest BCUT2D eigenvalue weighted by molar-refractivity contribution is -0.116. The molecule has 1 amide bonds. The Morgan fingerprint density at radius 3 is 2.65 bits per heavy atom. The van der Waals surface area contributed by atoms with Crippen LogP contribution in [-0.4, -0.2) is 10.9 Å². The van der Waals surface area contributed by atoms with E-state index in [1.807, 2.05) is 19.1 Å². The molecule has 0 fully saturated rings. The number of nitrogens with zero attached hydrogens (tertiary/aromatic N) is 1. The summed E-state index contributed by atoms with van der Waals surface area (Å²) < 4.78 is 0. The summed E-state index contributed by atoms with van der Waals surface area (Å²) in [4.78, 5) is 16.1. The lowest BCUT2D eigenvalue weighted by atomic mass is 10.0. The normalized spacial score (nSPS) is 10.3. The molecular formula is C17H20N2O. The number of carbonyl (C=O) groups excluding carboxylic acids is 1. The smallest absolute Gasteiger partial charge is 0.224 e. The molecule has 0 spiro atoms. The Morgan fingerprint density at radius 1 is 1.15 bits per heavy atom. The van der Waals surface area contributed by atoms with Crippen LogP contribution in [-0.2, 0) is 11.2 Å². The summed E-state index contributed by atoms with van der Waals surface area (Å²) in [6, 6.07) is 10.0. The van der Waals surface area contributed by atoms with Gasteiger partial charge in [0.1, 0.15) is 0 Å². The zero-order valence-corrected chi connectivity index (χ0v) is 12.2. The predicted molar refractivity (Wildman–Crippen MR) is 81.8 cm³/mol. The SMILES string of the molecule is Cc1ccc(CCC(=O)Nc2ccnc(C)c2)c(C)c1. The third-order valence-electron chi connectivity index (χ3n) is 3.30. The van der Waals surface area contributed by atoms with Crippen molar-refractivity contribution in [2.75, 3.05) is 5.32 Å². The van der Waals surface area contributed by atoms with Gasteiger partial charge in [0.05, 0.1) is 0 Å². The van der Waals surface area contributed by atoms with E-state index in [1.165, 1.54) is 16.7 Å². The van der Waals surface area contributed by atoms with Gasteiger partial charge in [-0.1, -0.05) is 23.8 Å². The van der Waals surface area contributed by atoms with E-state index in [4.69, 9.17) is 0 Å². The zero-order chi connectivity index (χ0) is 14.5. The van der Waals surface area contributed by atoms with Crippen molar-refractivity contribution in [2.45, 2.75) is 33.6 Å². The minimum atomic E-state index is 0.0376.